The number of fused-ring (bicyclic) bond motifs is 1. The summed E-state index contributed by atoms with van der Waals surface area (Å²) in [6.45, 7) is 8.12. The number of carbonyl (C=O) groups is 2. The first-order valence-corrected chi connectivity index (χ1v) is 10.8. The van der Waals surface area contributed by atoms with Crippen molar-refractivity contribution in [2.45, 2.75) is 71.6 Å². The molecule has 30 heavy (non-hydrogen) atoms. The third-order valence-electron chi connectivity index (χ3n) is 6.16. The van der Waals surface area contributed by atoms with Gasteiger partial charge in [-0.2, -0.15) is 0 Å². The molecule has 2 aromatic carbocycles. The van der Waals surface area contributed by atoms with Gasteiger partial charge in [0.2, 0.25) is 0 Å². The average Bonchev–Trinajstić information content (AvgIpc) is 3.20. The van der Waals surface area contributed by atoms with Gasteiger partial charge in [0.1, 0.15) is 5.75 Å². The fraction of sp³-hybridized carbons (Fsp3) is 0.440. The quantitative estimate of drug-likeness (QED) is 0.802. The van der Waals surface area contributed by atoms with Gasteiger partial charge in [-0.3, -0.25) is 9.59 Å². The first-order valence-electron chi connectivity index (χ1n) is 10.8. The second kappa shape index (κ2) is 7.78. The largest absolute Gasteiger partial charge is 0.476 e. The summed E-state index contributed by atoms with van der Waals surface area (Å²) in [6, 6.07) is 11.9. The molecule has 1 fully saturated rings. The molecule has 5 heteroatoms. The second-order valence-corrected chi connectivity index (χ2v) is 9.07. The lowest BCUT2D eigenvalue weighted by Gasteiger charge is -2.39. The van der Waals surface area contributed by atoms with Crippen LogP contribution in [0.1, 0.15) is 66.6 Å². The van der Waals surface area contributed by atoms with Gasteiger partial charge in [0, 0.05) is 11.6 Å². The van der Waals surface area contributed by atoms with Crippen LogP contribution in [-0.2, 0) is 11.3 Å². The van der Waals surface area contributed by atoms with Crippen LogP contribution >= 0.6 is 0 Å². The van der Waals surface area contributed by atoms with Crippen LogP contribution in [0.3, 0.4) is 0 Å². The third kappa shape index (κ3) is 3.93. The molecule has 0 bridgehead atoms. The zero-order valence-electron chi connectivity index (χ0n) is 18.2. The highest BCUT2D eigenvalue weighted by Crippen LogP contribution is 2.39. The minimum Gasteiger partial charge on any atom is -0.476 e. The van der Waals surface area contributed by atoms with Crippen molar-refractivity contribution in [2.24, 2.45) is 0 Å². The first kappa shape index (κ1) is 20.5. The molecule has 0 atom stereocenters. The Morgan fingerprint density at radius 2 is 1.87 bits per heavy atom. The molecule has 0 unspecified atom stereocenters. The van der Waals surface area contributed by atoms with Crippen molar-refractivity contribution < 1.29 is 14.3 Å². The van der Waals surface area contributed by atoms with Gasteiger partial charge < -0.3 is 15.0 Å². The third-order valence-corrected chi connectivity index (χ3v) is 6.16. The van der Waals surface area contributed by atoms with Crippen molar-refractivity contribution in [1.29, 1.82) is 0 Å². The number of carbonyl (C=O) groups excluding carboxylic acids is 2. The van der Waals surface area contributed by atoms with Crippen molar-refractivity contribution >= 4 is 17.5 Å². The van der Waals surface area contributed by atoms with E-state index >= 15 is 0 Å². The number of amides is 2. The maximum atomic E-state index is 13.3. The summed E-state index contributed by atoms with van der Waals surface area (Å²) >= 11 is 0. The Morgan fingerprint density at radius 1 is 1.13 bits per heavy atom. The molecule has 1 aliphatic carbocycles. The summed E-state index contributed by atoms with van der Waals surface area (Å²) in [7, 11) is 0. The van der Waals surface area contributed by atoms with E-state index in [1.54, 1.807) is 30.9 Å². The lowest BCUT2D eigenvalue weighted by molar-refractivity contribution is -0.132. The summed E-state index contributed by atoms with van der Waals surface area (Å²) < 4.78 is 6.00. The summed E-state index contributed by atoms with van der Waals surface area (Å²) in [4.78, 5) is 27.8. The number of aryl methyl sites for hydroxylation is 2. The maximum absolute atomic E-state index is 13.3. The van der Waals surface area contributed by atoms with E-state index in [2.05, 4.69) is 30.4 Å². The highest BCUT2D eigenvalue weighted by atomic mass is 16.5. The fourth-order valence-electron chi connectivity index (χ4n) is 4.35. The zero-order chi connectivity index (χ0) is 21.5. The molecule has 0 spiro atoms. The van der Waals surface area contributed by atoms with E-state index in [0.29, 0.717) is 23.5 Å². The molecular formula is C25H30N2O3. The first-order chi connectivity index (χ1) is 14.2. The molecule has 5 nitrogen and oxygen atoms in total. The summed E-state index contributed by atoms with van der Waals surface area (Å²) in [5, 5.41) is 3.13. The topological polar surface area (TPSA) is 58.6 Å². The molecule has 1 heterocycles. The second-order valence-electron chi connectivity index (χ2n) is 9.07. The maximum Gasteiger partial charge on any atom is 0.271 e. The van der Waals surface area contributed by atoms with Crippen molar-refractivity contribution in [2.75, 3.05) is 4.90 Å². The molecule has 0 radical (unpaired) electrons. The van der Waals surface area contributed by atoms with Gasteiger partial charge >= 0.3 is 0 Å². The van der Waals surface area contributed by atoms with Crippen LogP contribution in [0, 0.1) is 13.8 Å². The SMILES string of the molecule is Cc1ccc(C)c(CN2C(=O)C(C)(C)Oc3ccc(C(=O)NC4CCCC4)cc32)c1. The van der Waals surface area contributed by atoms with Crippen LogP contribution in [0.5, 0.6) is 5.75 Å². The summed E-state index contributed by atoms with van der Waals surface area (Å²) in [5.74, 6) is 0.431. The Hall–Kier alpha value is -2.82. The molecule has 4 rings (SSSR count). The number of hydrogen-bond donors (Lipinski definition) is 1. The molecule has 0 saturated heterocycles. The number of rotatable bonds is 4. The summed E-state index contributed by atoms with van der Waals surface area (Å²) in [6.07, 6.45) is 4.39. The van der Waals surface area contributed by atoms with E-state index in [1.165, 1.54) is 0 Å². The lowest BCUT2D eigenvalue weighted by atomic mass is 9.99. The fourth-order valence-corrected chi connectivity index (χ4v) is 4.35. The van der Waals surface area contributed by atoms with Gasteiger partial charge in [-0.25, -0.2) is 0 Å². The zero-order valence-corrected chi connectivity index (χ0v) is 18.2. The van der Waals surface area contributed by atoms with E-state index in [1.807, 2.05) is 13.0 Å². The van der Waals surface area contributed by atoms with E-state index in [0.717, 1.165) is 42.4 Å². The van der Waals surface area contributed by atoms with Crippen molar-refractivity contribution in [3.63, 3.8) is 0 Å². The van der Waals surface area contributed by atoms with Crippen LogP contribution in [0.25, 0.3) is 0 Å². The average molecular weight is 407 g/mol. The molecule has 2 aliphatic rings. The number of anilines is 1. The monoisotopic (exact) mass is 406 g/mol. The van der Waals surface area contributed by atoms with Gasteiger partial charge in [-0.1, -0.05) is 36.6 Å². The Kier molecular flexibility index (Phi) is 5.31. The molecule has 0 aromatic heterocycles. The number of benzene rings is 2. The van der Waals surface area contributed by atoms with Crippen LogP contribution in [-0.4, -0.2) is 23.5 Å². The van der Waals surface area contributed by atoms with E-state index in [9.17, 15) is 9.59 Å². The van der Waals surface area contributed by atoms with Crippen LogP contribution in [0.15, 0.2) is 36.4 Å². The van der Waals surface area contributed by atoms with E-state index < -0.39 is 5.60 Å². The normalized spacial score (nSPS) is 18.1. The molecule has 1 saturated carbocycles. The Balaban J connectivity index is 1.68. The molecule has 2 amide bonds. The number of ether oxygens (including phenoxy) is 1. The van der Waals surface area contributed by atoms with E-state index in [-0.39, 0.29) is 17.9 Å². The van der Waals surface area contributed by atoms with Crippen molar-refractivity contribution in [1.82, 2.24) is 5.32 Å². The van der Waals surface area contributed by atoms with Gasteiger partial charge in [0.15, 0.2) is 5.60 Å². The van der Waals surface area contributed by atoms with E-state index in [4.69, 9.17) is 4.74 Å². The number of hydrogen-bond acceptors (Lipinski definition) is 3. The molecule has 2 aromatic rings. The van der Waals surface area contributed by atoms with Crippen LogP contribution in [0.2, 0.25) is 0 Å². The van der Waals surface area contributed by atoms with Crippen molar-refractivity contribution in [3.8, 4) is 5.75 Å². The Morgan fingerprint density at radius 3 is 2.60 bits per heavy atom. The molecule has 1 aliphatic heterocycles. The Labute approximate surface area is 178 Å². The van der Waals surface area contributed by atoms with Gasteiger partial charge in [-0.05, 0) is 69.9 Å². The van der Waals surface area contributed by atoms with Gasteiger partial charge in [0.25, 0.3) is 11.8 Å². The minimum absolute atomic E-state index is 0.0892. The summed E-state index contributed by atoms with van der Waals surface area (Å²) in [5.41, 5.74) is 3.63. The Bertz CT molecular complexity index is 990. The lowest BCUT2D eigenvalue weighted by Crippen LogP contribution is -2.52. The highest BCUT2D eigenvalue weighted by Gasteiger charge is 2.41. The molecule has 158 valence electrons. The smallest absolute Gasteiger partial charge is 0.271 e. The number of nitrogens with zero attached hydrogens (tertiary/aromatic N) is 1. The van der Waals surface area contributed by atoms with Gasteiger partial charge in [-0.15, -0.1) is 0 Å². The predicted molar refractivity (Wildman–Crippen MR) is 118 cm³/mol. The van der Waals surface area contributed by atoms with Crippen molar-refractivity contribution in [3.05, 3.63) is 58.7 Å². The van der Waals surface area contributed by atoms with Crippen LogP contribution in [0.4, 0.5) is 5.69 Å². The predicted octanol–water partition coefficient (Wildman–Crippen LogP) is 4.68. The van der Waals surface area contributed by atoms with Crippen LogP contribution < -0.4 is 15.0 Å². The minimum atomic E-state index is -0.960. The number of nitrogens with one attached hydrogen (secondary N) is 1. The molecular weight excluding hydrogens is 376 g/mol. The standard InChI is InChI=1S/C25H30N2O3/c1-16-9-10-17(2)19(13-16)15-27-21-14-18(23(28)26-20-7-5-6-8-20)11-12-22(21)30-25(3,4)24(27)29/h9-14,20H,5-8,15H2,1-4H3,(H,26,28). The van der Waals surface area contributed by atoms with Gasteiger partial charge in [0.05, 0.1) is 12.2 Å². The molecule has 1 N–H and O–H groups in total. The highest BCUT2D eigenvalue weighted by molar-refractivity contribution is 6.04.